The fourth-order valence-corrected chi connectivity index (χ4v) is 3.21. The minimum atomic E-state index is -0.274. The molecule has 0 atom stereocenters. The molecular formula is C14H22N4O3S. The van der Waals surface area contributed by atoms with Crippen LogP contribution in [0.15, 0.2) is 0 Å². The standard InChI is InChI=1S/C14H22N4O3S/c1-4-21-14(20)18-7-5-10(6-8-18)17-12(19)11-9(2)16-13(15-3)22-11/h10H,4-8H2,1-3H3,(H,15,16)(H,17,19). The molecule has 0 saturated carbocycles. The minimum absolute atomic E-state index is 0.0812. The molecule has 0 spiro atoms. The van der Waals surface area contributed by atoms with E-state index in [0.717, 1.165) is 23.7 Å². The van der Waals surface area contributed by atoms with E-state index in [-0.39, 0.29) is 18.0 Å². The number of carbonyl (C=O) groups excluding carboxylic acids is 2. The summed E-state index contributed by atoms with van der Waals surface area (Å²) in [5.41, 5.74) is 0.732. The predicted molar refractivity (Wildman–Crippen MR) is 85.5 cm³/mol. The first-order valence-electron chi connectivity index (χ1n) is 7.42. The van der Waals surface area contributed by atoms with E-state index in [1.165, 1.54) is 11.3 Å². The molecule has 2 heterocycles. The van der Waals surface area contributed by atoms with Crippen molar-refractivity contribution in [1.82, 2.24) is 15.2 Å². The first kappa shape index (κ1) is 16.5. The van der Waals surface area contributed by atoms with Gasteiger partial charge in [-0.1, -0.05) is 11.3 Å². The van der Waals surface area contributed by atoms with E-state index < -0.39 is 0 Å². The van der Waals surface area contributed by atoms with Crippen LogP contribution in [0.25, 0.3) is 0 Å². The largest absolute Gasteiger partial charge is 0.450 e. The first-order chi connectivity index (χ1) is 10.5. The molecule has 0 aliphatic carbocycles. The summed E-state index contributed by atoms with van der Waals surface area (Å²) in [6.07, 6.45) is 1.20. The highest BCUT2D eigenvalue weighted by atomic mass is 32.1. The van der Waals surface area contributed by atoms with Crippen LogP contribution < -0.4 is 10.6 Å². The van der Waals surface area contributed by atoms with Crippen LogP contribution in [0.2, 0.25) is 0 Å². The quantitative estimate of drug-likeness (QED) is 0.882. The summed E-state index contributed by atoms with van der Waals surface area (Å²) in [6.45, 7) is 5.21. The number of thiazole rings is 1. The van der Waals surface area contributed by atoms with E-state index in [1.807, 2.05) is 6.92 Å². The summed E-state index contributed by atoms with van der Waals surface area (Å²) in [6, 6.07) is 0.0812. The number of nitrogens with one attached hydrogen (secondary N) is 2. The average molecular weight is 326 g/mol. The third kappa shape index (κ3) is 3.88. The Balaban J connectivity index is 1.86. The molecule has 1 saturated heterocycles. The molecule has 0 bridgehead atoms. The van der Waals surface area contributed by atoms with Gasteiger partial charge in [0.2, 0.25) is 0 Å². The Bertz CT molecular complexity index is 538. The van der Waals surface area contributed by atoms with Gasteiger partial charge in [0.15, 0.2) is 5.13 Å². The van der Waals surface area contributed by atoms with Crippen molar-refractivity contribution < 1.29 is 14.3 Å². The second-order valence-corrected chi connectivity index (χ2v) is 6.12. The number of rotatable bonds is 4. The van der Waals surface area contributed by atoms with Crippen LogP contribution in [-0.4, -0.2) is 54.7 Å². The highest BCUT2D eigenvalue weighted by Crippen LogP contribution is 2.22. The Morgan fingerprint density at radius 1 is 1.41 bits per heavy atom. The Hall–Kier alpha value is -1.83. The van der Waals surface area contributed by atoms with Gasteiger partial charge in [0.25, 0.3) is 5.91 Å². The van der Waals surface area contributed by atoms with Crippen LogP contribution in [0, 0.1) is 6.92 Å². The number of likely N-dealkylation sites (tertiary alicyclic amines) is 1. The van der Waals surface area contributed by atoms with Crippen molar-refractivity contribution in [3.63, 3.8) is 0 Å². The molecule has 1 fully saturated rings. The number of ether oxygens (including phenoxy) is 1. The van der Waals surface area contributed by atoms with Crippen molar-refractivity contribution in [2.75, 3.05) is 32.1 Å². The maximum absolute atomic E-state index is 12.3. The number of anilines is 1. The third-order valence-electron chi connectivity index (χ3n) is 3.57. The molecule has 7 nitrogen and oxygen atoms in total. The Morgan fingerprint density at radius 2 is 2.09 bits per heavy atom. The van der Waals surface area contributed by atoms with E-state index in [2.05, 4.69) is 15.6 Å². The van der Waals surface area contributed by atoms with Gasteiger partial charge < -0.3 is 20.3 Å². The lowest BCUT2D eigenvalue weighted by Gasteiger charge is -2.31. The first-order valence-corrected chi connectivity index (χ1v) is 8.24. The predicted octanol–water partition coefficient (Wildman–Crippen LogP) is 1.84. The molecule has 0 radical (unpaired) electrons. The Labute approximate surface area is 134 Å². The number of carbonyl (C=O) groups is 2. The van der Waals surface area contributed by atoms with E-state index >= 15 is 0 Å². The normalized spacial score (nSPS) is 15.5. The molecule has 8 heteroatoms. The van der Waals surface area contributed by atoms with Gasteiger partial charge in [0.05, 0.1) is 12.3 Å². The molecule has 0 aromatic carbocycles. The number of aryl methyl sites for hydroxylation is 1. The van der Waals surface area contributed by atoms with Gasteiger partial charge in [0.1, 0.15) is 4.88 Å². The lowest BCUT2D eigenvalue weighted by molar-refractivity contribution is 0.0862. The molecule has 1 aromatic rings. The van der Waals surface area contributed by atoms with Gasteiger partial charge in [-0.3, -0.25) is 4.79 Å². The molecule has 22 heavy (non-hydrogen) atoms. The number of amides is 2. The SMILES string of the molecule is CCOC(=O)N1CCC(NC(=O)c2sc(NC)nc2C)CC1. The molecule has 2 rings (SSSR count). The number of nitrogens with zero attached hydrogens (tertiary/aromatic N) is 2. The van der Waals surface area contributed by atoms with E-state index in [9.17, 15) is 9.59 Å². The highest BCUT2D eigenvalue weighted by Gasteiger charge is 2.25. The van der Waals surface area contributed by atoms with Crippen LogP contribution in [0.5, 0.6) is 0 Å². The maximum atomic E-state index is 12.3. The van der Waals surface area contributed by atoms with Gasteiger partial charge in [-0.15, -0.1) is 0 Å². The van der Waals surface area contributed by atoms with Crippen molar-refractivity contribution in [3.05, 3.63) is 10.6 Å². The lowest BCUT2D eigenvalue weighted by atomic mass is 10.1. The van der Waals surface area contributed by atoms with Gasteiger partial charge in [-0.2, -0.15) is 0 Å². The van der Waals surface area contributed by atoms with Crippen LogP contribution in [0.3, 0.4) is 0 Å². The highest BCUT2D eigenvalue weighted by molar-refractivity contribution is 7.17. The van der Waals surface area contributed by atoms with Crippen LogP contribution in [-0.2, 0) is 4.74 Å². The van der Waals surface area contributed by atoms with Gasteiger partial charge in [0, 0.05) is 26.2 Å². The molecular weight excluding hydrogens is 304 g/mol. The lowest BCUT2D eigenvalue weighted by Crippen LogP contribution is -2.46. The second kappa shape index (κ2) is 7.44. The fourth-order valence-electron chi connectivity index (χ4n) is 2.39. The molecule has 1 aliphatic rings. The summed E-state index contributed by atoms with van der Waals surface area (Å²) < 4.78 is 4.98. The van der Waals surface area contributed by atoms with E-state index in [0.29, 0.717) is 24.6 Å². The zero-order valence-electron chi connectivity index (χ0n) is 13.1. The maximum Gasteiger partial charge on any atom is 0.409 e. The summed E-state index contributed by atoms with van der Waals surface area (Å²) in [5, 5.41) is 6.71. The molecule has 122 valence electrons. The zero-order chi connectivity index (χ0) is 16.1. The summed E-state index contributed by atoms with van der Waals surface area (Å²) in [7, 11) is 1.78. The van der Waals surface area contributed by atoms with E-state index in [4.69, 9.17) is 4.74 Å². The average Bonchev–Trinajstić information content (AvgIpc) is 2.89. The topological polar surface area (TPSA) is 83.6 Å². The molecule has 2 N–H and O–H groups in total. The van der Waals surface area contributed by atoms with Crippen LogP contribution in [0.4, 0.5) is 9.93 Å². The number of hydrogen-bond acceptors (Lipinski definition) is 6. The summed E-state index contributed by atoms with van der Waals surface area (Å²) >= 11 is 1.35. The second-order valence-electron chi connectivity index (χ2n) is 5.12. The fraction of sp³-hybridized carbons (Fsp3) is 0.643. The van der Waals surface area contributed by atoms with E-state index in [1.54, 1.807) is 18.9 Å². The van der Waals surface area contributed by atoms with Crippen LogP contribution in [0.1, 0.15) is 35.1 Å². The monoisotopic (exact) mass is 326 g/mol. The van der Waals surface area contributed by atoms with Gasteiger partial charge in [-0.05, 0) is 26.7 Å². The number of aromatic nitrogens is 1. The van der Waals surface area contributed by atoms with Gasteiger partial charge in [-0.25, -0.2) is 9.78 Å². The van der Waals surface area contributed by atoms with Crippen molar-refractivity contribution >= 4 is 28.5 Å². The van der Waals surface area contributed by atoms with Crippen molar-refractivity contribution in [2.45, 2.75) is 32.7 Å². The minimum Gasteiger partial charge on any atom is -0.450 e. The van der Waals surface area contributed by atoms with Crippen LogP contribution >= 0.6 is 11.3 Å². The summed E-state index contributed by atoms with van der Waals surface area (Å²) in [5.74, 6) is -0.0916. The van der Waals surface area contributed by atoms with Crippen molar-refractivity contribution in [3.8, 4) is 0 Å². The Kier molecular flexibility index (Phi) is 5.59. The van der Waals surface area contributed by atoms with Crippen molar-refractivity contribution in [1.29, 1.82) is 0 Å². The Morgan fingerprint density at radius 3 is 2.64 bits per heavy atom. The third-order valence-corrected chi connectivity index (χ3v) is 4.75. The molecule has 1 aliphatic heterocycles. The smallest absolute Gasteiger partial charge is 0.409 e. The number of hydrogen-bond donors (Lipinski definition) is 2. The van der Waals surface area contributed by atoms with Gasteiger partial charge >= 0.3 is 6.09 Å². The summed E-state index contributed by atoms with van der Waals surface area (Å²) in [4.78, 5) is 30.5. The number of piperidine rings is 1. The zero-order valence-corrected chi connectivity index (χ0v) is 14.0. The molecule has 1 aromatic heterocycles. The molecule has 2 amide bonds. The molecule has 0 unspecified atom stereocenters. The van der Waals surface area contributed by atoms with Crippen molar-refractivity contribution in [2.24, 2.45) is 0 Å².